The summed E-state index contributed by atoms with van der Waals surface area (Å²) in [5.74, 6) is -0.329. The molecule has 34 heavy (non-hydrogen) atoms. The van der Waals surface area contributed by atoms with E-state index in [1.54, 1.807) is 0 Å². The summed E-state index contributed by atoms with van der Waals surface area (Å²) in [6.07, 6.45) is 0. The predicted octanol–water partition coefficient (Wildman–Crippen LogP) is 6.42. The molecule has 0 aliphatic rings. The second-order valence-electron chi connectivity index (χ2n) is 7.91. The van der Waals surface area contributed by atoms with Gasteiger partial charge < -0.3 is 0 Å². The fourth-order valence-electron chi connectivity index (χ4n) is 4.22. The molecule has 0 aliphatic carbocycles. The molecule has 0 bridgehead atoms. The molecule has 2 nitrogen and oxygen atoms in total. The average Bonchev–Trinajstić information content (AvgIpc) is 2.93. The van der Waals surface area contributed by atoms with Crippen LogP contribution in [0.15, 0.2) is 146 Å². The van der Waals surface area contributed by atoms with Gasteiger partial charge in [-0.1, -0.05) is 103 Å². The second-order valence-corrected chi connectivity index (χ2v) is 10.9. The average molecular weight is 460 g/mol. The minimum Gasteiger partial charge on any atom is -0.292 e. The van der Waals surface area contributed by atoms with E-state index in [1.807, 2.05) is 109 Å². The maximum atomic E-state index is 14.0. The van der Waals surface area contributed by atoms with E-state index in [0.717, 1.165) is 27.0 Å². The van der Waals surface area contributed by atoms with Crippen LogP contribution in [0.5, 0.6) is 0 Å². The van der Waals surface area contributed by atoms with Crippen molar-refractivity contribution in [1.29, 1.82) is 0 Å². The fourth-order valence-corrected chi connectivity index (χ4v) is 7.56. The van der Waals surface area contributed by atoms with Gasteiger partial charge in [-0.3, -0.25) is 4.52 Å². The van der Waals surface area contributed by atoms with Crippen molar-refractivity contribution in [1.82, 2.24) is 0 Å². The zero-order valence-corrected chi connectivity index (χ0v) is 19.5. The van der Waals surface area contributed by atoms with Crippen molar-refractivity contribution < 1.29 is 9.32 Å². The van der Waals surface area contributed by atoms with Gasteiger partial charge in [0, 0.05) is 0 Å². The summed E-state index contributed by atoms with van der Waals surface area (Å²) in [6.45, 7) is 0. The first-order chi connectivity index (χ1) is 16.8. The Morgan fingerprint density at radius 1 is 0.471 bits per heavy atom. The van der Waals surface area contributed by atoms with Crippen molar-refractivity contribution in [2.45, 2.75) is 0 Å². The molecule has 0 saturated heterocycles. The molecule has 0 heterocycles. The van der Waals surface area contributed by atoms with Crippen LogP contribution < -0.4 is 15.9 Å². The fraction of sp³-hybridized carbons (Fsp3) is 0. The largest absolute Gasteiger partial charge is 0.383 e. The molecule has 0 N–H and O–H groups in total. The highest BCUT2D eigenvalue weighted by atomic mass is 31.2. The van der Waals surface area contributed by atoms with Crippen LogP contribution in [0.2, 0.25) is 0 Å². The lowest BCUT2D eigenvalue weighted by Gasteiger charge is -2.25. The SMILES string of the molecule is O=C(O[P+](c1ccccc1)(c1ccccc1)c1ccccc1)c1ccccc1-c1ccccc1. The van der Waals surface area contributed by atoms with Crippen molar-refractivity contribution in [3.63, 3.8) is 0 Å². The first kappa shape index (κ1) is 21.8. The van der Waals surface area contributed by atoms with Gasteiger partial charge in [0.25, 0.3) is 7.49 Å². The third-order valence-electron chi connectivity index (χ3n) is 5.81. The molecule has 0 atom stereocenters. The van der Waals surface area contributed by atoms with Gasteiger partial charge in [0.15, 0.2) is 0 Å². The summed E-state index contributed by atoms with van der Waals surface area (Å²) >= 11 is 0. The monoisotopic (exact) mass is 459 g/mol. The van der Waals surface area contributed by atoms with Crippen LogP contribution in [-0.2, 0) is 4.52 Å². The van der Waals surface area contributed by atoms with Gasteiger partial charge in [0.05, 0.1) is 5.56 Å². The number of carbonyl (C=O) groups is 1. The molecule has 5 aromatic rings. The van der Waals surface area contributed by atoms with Crippen molar-refractivity contribution in [2.75, 3.05) is 0 Å². The zero-order valence-electron chi connectivity index (χ0n) is 18.6. The summed E-state index contributed by atoms with van der Waals surface area (Å²) in [7, 11) is -2.74. The van der Waals surface area contributed by atoms with E-state index in [4.69, 9.17) is 4.52 Å². The summed E-state index contributed by atoms with van der Waals surface area (Å²) in [4.78, 5) is 14.0. The van der Waals surface area contributed by atoms with E-state index in [1.165, 1.54) is 0 Å². The highest BCUT2D eigenvalue weighted by molar-refractivity contribution is 7.92. The molecule has 0 aromatic heterocycles. The number of rotatable bonds is 6. The lowest BCUT2D eigenvalue weighted by Crippen LogP contribution is -2.34. The van der Waals surface area contributed by atoms with Gasteiger partial charge in [-0.15, -0.1) is 0 Å². The Morgan fingerprint density at radius 3 is 1.32 bits per heavy atom. The molecule has 0 unspecified atom stereocenters. The quantitative estimate of drug-likeness (QED) is 0.274. The van der Waals surface area contributed by atoms with Crippen molar-refractivity contribution in [3.8, 4) is 11.1 Å². The van der Waals surface area contributed by atoms with Gasteiger partial charge in [0.2, 0.25) is 0 Å². The smallest absolute Gasteiger partial charge is 0.292 e. The molecule has 0 amide bonds. The van der Waals surface area contributed by atoms with E-state index in [0.29, 0.717) is 5.56 Å². The Kier molecular flexibility index (Phi) is 6.33. The normalized spacial score (nSPS) is 11.1. The molecule has 5 aromatic carbocycles. The minimum atomic E-state index is -2.74. The first-order valence-electron chi connectivity index (χ1n) is 11.2. The van der Waals surface area contributed by atoms with Gasteiger partial charge in [-0.25, -0.2) is 4.79 Å². The summed E-state index contributed by atoms with van der Waals surface area (Å²) in [6, 6.07) is 47.9. The molecule has 0 saturated carbocycles. The van der Waals surface area contributed by atoms with Gasteiger partial charge in [-0.05, 0) is 53.6 Å². The van der Waals surface area contributed by atoms with Crippen LogP contribution in [-0.4, -0.2) is 5.97 Å². The molecule has 0 radical (unpaired) electrons. The van der Waals surface area contributed by atoms with Crippen molar-refractivity contribution in [3.05, 3.63) is 151 Å². The molecular weight excluding hydrogens is 435 g/mol. The molecule has 5 rings (SSSR count). The third kappa shape index (κ3) is 4.17. The number of hydrogen-bond acceptors (Lipinski definition) is 2. The topological polar surface area (TPSA) is 26.3 Å². The van der Waals surface area contributed by atoms with E-state index in [9.17, 15) is 4.79 Å². The molecular formula is C31H24O2P+. The number of benzene rings is 5. The maximum absolute atomic E-state index is 14.0. The van der Waals surface area contributed by atoms with E-state index >= 15 is 0 Å². The Labute approximate surface area is 200 Å². The lowest BCUT2D eigenvalue weighted by molar-refractivity contribution is 0.0756. The summed E-state index contributed by atoms with van der Waals surface area (Å²) in [5, 5.41) is 2.99. The predicted molar refractivity (Wildman–Crippen MR) is 142 cm³/mol. The van der Waals surface area contributed by atoms with Crippen LogP contribution in [0.3, 0.4) is 0 Å². The molecule has 164 valence electrons. The lowest BCUT2D eigenvalue weighted by atomic mass is 10.00. The standard InChI is InChI=1S/C31H24O2P/c32-31(30-24-14-13-23-29(30)25-15-5-1-6-16-25)33-34(26-17-7-2-8-18-26,27-19-9-3-10-20-27)28-21-11-4-12-22-28/h1-24H/q+1. The zero-order chi connectivity index (χ0) is 23.2. The van der Waals surface area contributed by atoms with Crippen LogP contribution >= 0.6 is 7.49 Å². The van der Waals surface area contributed by atoms with E-state index in [-0.39, 0.29) is 5.97 Å². The van der Waals surface area contributed by atoms with Gasteiger partial charge in [0.1, 0.15) is 15.9 Å². The molecule has 0 aliphatic heterocycles. The first-order valence-corrected chi connectivity index (χ1v) is 12.9. The second kappa shape index (κ2) is 9.87. The summed E-state index contributed by atoms with van der Waals surface area (Å²) in [5.41, 5.74) is 2.40. The third-order valence-corrected chi connectivity index (χ3v) is 9.33. The number of carbonyl (C=O) groups excluding carboxylic acids is 1. The van der Waals surface area contributed by atoms with Crippen molar-refractivity contribution >= 4 is 29.4 Å². The Bertz CT molecular complexity index is 1270. The maximum Gasteiger partial charge on any atom is 0.383 e. The Hall–Kier alpha value is -4.00. The van der Waals surface area contributed by atoms with Gasteiger partial charge >= 0.3 is 5.97 Å². The van der Waals surface area contributed by atoms with Crippen LogP contribution in [0.25, 0.3) is 11.1 Å². The Balaban J connectivity index is 1.70. The van der Waals surface area contributed by atoms with Crippen LogP contribution in [0.4, 0.5) is 0 Å². The van der Waals surface area contributed by atoms with E-state index in [2.05, 4.69) is 36.4 Å². The molecule has 3 heteroatoms. The minimum absolute atomic E-state index is 0.329. The summed E-state index contributed by atoms with van der Waals surface area (Å²) < 4.78 is 6.72. The molecule has 0 fully saturated rings. The highest BCUT2D eigenvalue weighted by Crippen LogP contribution is 2.57. The van der Waals surface area contributed by atoms with Crippen LogP contribution in [0.1, 0.15) is 10.4 Å². The van der Waals surface area contributed by atoms with E-state index < -0.39 is 7.49 Å². The number of hydrogen-bond donors (Lipinski definition) is 0. The van der Waals surface area contributed by atoms with Crippen molar-refractivity contribution in [2.24, 2.45) is 0 Å². The van der Waals surface area contributed by atoms with Crippen LogP contribution in [0, 0.1) is 0 Å². The molecule has 0 spiro atoms. The Morgan fingerprint density at radius 2 is 0.853 bits per heavy atom. The van der Waals surface area contributed by atoms with Gasteiger partial charge in [-0.2, -0.15) is 0 Å². The highest BCUT2D eigenvalue weighted by Gasteiger charge is 2.51.